The molecule has 5 heteroatoms. The average molecular weight is 226 g/mol. The SMILES string of the molecule is C=CCNCCc1nc(CC(=O)O)cs1. The summed E-state index contributed by atoms with van der Waals surface area (Å²) in [6.07, 6.45) is 2.65. The van der Waals surface area contributed by atoms with Gasteiger partial charge in [0.15, 0.2) is 0 Å². The van der Waals surface area contributed by atoms with Crippen molar-refractivity contribution < 1.29 is 9.90 Å². The molecule has 4 nitrogen and oxygen atoms in total. The number of carboxylic acids is 1. The van der Waals surface area contributed by atoms with Crippen molar-refractivity contribution >= 4 is 17.3 Å². The summed E-state index contributed by atoms with van der Waals surface area (Å²) in [4.78, 5) is 14.6. The molecule has 0 aliphatic heterocycles. The topological polar surface area (TPSA) is 62.2 Å². The molecule has 0 unspecified atom stereocenters. The van der Waals surface area contributed by atoms with Crippen LogP contribution in [0.2, 0.25) is 0 Å². The third kappa shape index (κ3) is 4.71. The first kappa shape index (κ1) is 11.9. The summed E-state index contributed by atoms with van der Waals surface area (Å²) in [5, 5.41) is 14.5. The Morgan fingerprint density at radius 3 is 3.20 bits per heavy atom. The molecule has 1 rings (SSSR count). The summed E-state index contributed by atoms with van der Waals surface area (Å²) in [5.41, 5.74) is 0.645. The summed E-state index contributed by atoms with van der Waals surface area (Å²) in [7, 11) is 0. The minimum Gasteiger partial charge on any atom is -0.481 e. The molecule has 0 aliphatic rings. The van der Waals surface area contributed by atoms with Gasteiger partial charge in [0.05, 0.1) is 17.1 Å². The van der Waals surface area contributed by atoms with Crippen molar-refractivity contribution in [2.75, 3.05) is 13.1 Å². The van der Waals surface area contributed by atoms with Gasteiger partial charge < -0.3 is 10.4 Å². The largest absolute Gasteiger partial charge is 0.481 e. The van der Waals surface area contributed by atoms with E-state index in [0.29, 0.717) is 5.69 Å². The lowest BCUT2D eigenvalue weighted by molar-refractivity contribution is -0.136. The summed E-state index contributed by atoms with van der Waals surface area (Å²) >= 11 is 1.51. The van der Waals surface area contributed by atoms with E-state index in [1.807, 2.05) is 0 Å². The van der Waals surface area contributed by atoms with E-state index in [0.717, 1.165) is 24.5 Å². The van der Waals surface area contributed by atoms with E-state index in [1.54, 1.807) is 11.5 Å². The van der Waals surface area contributed by atoms with Crippen LogP contribution in [0.4, 0.5) is 0 Å². The van der Waals surface area contributed by atoms with Crippen molar-refractivity contribution in [2.45, 2.75) is 12.8 Å². The predicted octanol–water partition coefficient (Wildman–Crippen LogP) is 1.09. The monoisotopic (exact) mass is 226 g/mol. The zero-order chi connectivity index (χ0) is 11.1. The molecule has 0 amide bonds. The van der Waals surface area contributed by atoms with Gasteiger partial charge in [0, 0.05) is 24.9 Å². The Hall–Kier alpha value is -1.20. The van der Waals surface area contributed by atoms with E-state index in [-0.39, 0.29) is 6.42 Å². The normalized spacial score (nSPS) is 10.1. The second-order valence-corrected chi connectivity index (χ2v) is 3.99. The van der Waals surface area contributed by atoms with Crippen LogP contribution < -0.4 is 5.32 Å². The van der Waals surface area contributed by atoms with Gasteiger partial charge in [-0.1, -0.05) is 6.08 Å². The third-order valence-corrected chi connectivity index (χ3v) is 2.69. The van der Waals surface area contributed by atoms with Gasteiger partial charge in [-0.05, 0) is 0 Å². The average Bonchev–Trinajstić information content (AvgIpc) is 2.59. The van der Waals surface area contributed by atoms with E-state index in [9.17, 15) is 4.79 Å². The van der Waals surface area contributed by atoms with Gasteiger partial charge in [0.1, 0.15) is 0 Å². The van der Waals surface area contributed by atoms with Gasteiger partial charge in [0.25, 0.3) is 0 Å². The van der Waals surface area contributed by atoms with Crippen LogP contribution in [0, 0.1) is 0 Å². The first-order chi connectivity index (χ1) is 7.22. The standard InChI is InChI=1S/C10H14N2O2S/c1-2-4-11-5-3-9-12-8(7-15-9)6-10(13)14/h2,7,11H,1,3-6H2,(H,13,14). The summed E-state index contributed by atoms with van der Waals surface area (Å²) in [5.74, 6) is -0.836. The highest BCUT2D eigenvalue weighted by Gasteiger charge is 2.05. The molecule has 82 valence electrons. The van der Waals surface area contributed by atoms with E-state index >= 15 is 0 Å². The number of aromatic nitrogens is 1. The molecule has 0 aromatic carbocycles. The molecular weight excluding hydrogens is 212 g/mol. The summed E-state index contributed by atoms with van der Waals surface area (Å²) in [6.45, 7) is 5.23. The Kier molecular flexibility index (Phi) is 5.00. The van der Waals surface area contributed by atoms with Crippen molar-refractivity contribution in [2.24, 2.45) is 0 Å². The first-order valence-electron chi connectivity index (χ1n) is 4.69. The highest BCUT2D eigenvalue weighted by atomic mass is 32.1. The number of thiazole rings is 1. The molecule has 0 fully saturated rings. The quantitative estimate of drug-likeness (QED) is 0.539. The first-order valence-corrected chi connectivity index (χ1v) is 5.57. The second kappa shape index (κ2) is 6.31. The molecule has 1 aromatic rings. The van der Waals surface area contributed by atoms with E-state index in [1.165, 1.54) is 11.3 Å². The number of rotatable bonds is 7. The minimum atomic E-state index is -0.836. The molecule has 1 aromatic heterocycles. The van der Waals surface area contributed by atoms with Gasteiger partial charge >= 0.3 is 5.97 Å². The Labute approximate surface area is 92.7 Å². The number of hydrogen-bond donors (Lipinski definition) is 2. The molecule has 0 bridgehead atoms. The smallest absolute Gasteiger partial charge is 0.309 e. The van der Waals surface area contributed by atoms with E-state index in [4.69, 9.17) is 5.11 Å². The highest BCUT2D eigenvalue weighted by Crippen LogP contribution is 2.10. The molecule has 0 saturated carbocycles. The van der Waals surface area contributed by atoms with Gasteiger partial charge in [-0.2, -0.15) is 0 Å². The Bertz CT molecular complexity index is 336. The van der Waals surface area contributed by atoms with Gasteiger partial charge in [0.2, 0.25) is 0 Å². The summed E-state index contributed by atoms with van der Waals surface area (Å²) in [6, 6.07) is 0. The zero-order valence-corrected chi connectivity index (χ0v) is 9.22. The lowest BCUT2D eigenvalue weighted by atomic mass is 10.3. The number of nitrogens with zero attached hydrogens (tertiary/aromatic N) is 1. The highest BCUT2D eigenvalue weighted by molar-refractivity contribution is 7.09. The maximum absolute atomic E-state index is 10.4. The number of hydrogen-bond acceptors (Lipinski definition) is 4. The Morgan fingerprint density at radius 1 is 1.73 bits per heavy atom. The number of carbonyl (C=O) groups is 1. The number of carboxylic acid groups (broad SMARTS) is 1. The van der Waals surface area contributed by atoms with Crippen LogP contribution in [0.25, 0.3) is 0 Å². The van der Waals surface area contributed by atoms with Crippen LogP contribution in [-0.2, 0) is 17.6 Å². The lowest BCUT2D eigenvalue weighted by Crippen LogP contribution is -2.16. The molecule has 0 aliphatic carbocycles. The zero-order valence-electron chi connectivity index (χ0n) is 8.40. The van der Waals surface area contributed by atoms with Gasteiger partial charge in [-0.25, -0.2) is 4.98 Å². The molecule has 0 spiro atoms. The molecule has 15 heavy (non-hydrogen) atoms. The van der Waals surface area contributed by atoms with Gasteiger partial charge in [-0.3, -0.25) is 4.79 Å². The van der Waals surface area contributed by atoms with Crippen molar-refractivity contribution in [3.05, 3.63) is 28.7 Å². The molecule has 0 atom stereocenters. The molecule has 1 heterocycles. The maximum Gasteiger partial charge on any atom is 0.309 e. The minimum absolute atomic E-state index is 0.0105. The molecule has 0 radical (unpaired) electrons. The summed E-state index contributed by atoms with van der Waals surface area (Å²) < 4.78 is 0. The maximum atomic E-state index is 10.4. The third-order valence-electron chi connectivity index (χ3n) is 1.74. The van der Waals surface area contributed by atoms with E-state index in [2.05, 4.69) is 16.9 Å². The second-order valence-electron chi connectivity index (χ2n) is 3.05. The van der Waals surface area contributed by atoms with E-state index < -0.39 is 5.97 Å². The van der Waals surface area contributed by atoms with Crippen LogP contribution in [-0.4, -0.2) is 29.1 Å². The van der Waals surface area contributed by atoms with Crippen LogP contribution in [0.15, 0.2) is 18.0 Å². The van der Waals surface area contributed by atoms with Crippen LogP contribution in [0.1, 0.15) is 10.7 Å². The van der Waals surface area contributed by atoms with Crippen molar-refractivity contribution in [1.82, 2.24) is 10.3 Å². The van der Waals surface area contributed by atoms with Crippen LogP contribution in [0.3, 0.4) is 0 Å². The van der Waals surface area contributed by atoms with Gasteiger partial charge in [-0.15, -0.1) is 17.9 Å². The van der Waals surface area contributed by atoms with Crippen LogP contribution in [0.5, 0.6) is 0 Å². The number of aliphatic carboxylic acids is 1. The fourth-order valence-corrected chi connectivity index (χ4v) is 1.90. The number of nitrogens with one attached hydrogen (secondary N) is 1. The lowest BCUT2D eigenvalue weighted by Gasteiger charge is -1.97. The van der Waals surface area contributed by atoms with Crippen molar-refractivity contribution in [1.29, 1.82) is 0 Å². The molecule has 2 N–H and O–H groups in total. The fourth-order valence-electron chi connectivity index (χ4n) is 1.10. The van der Waals surface area contributed by atoms with Crippen molar-refractivity contribution in [3.8, 4) is 0 Å². The van der Waals surface area contributed by atoms with Crippen molar-refractivity contribution in [3.63, 3.8) is 0 Å². The Balaban J connectivity index is 2.32. The van der Waals surface area contributed by atoms with Crippen LogP contribution >= 0.6 is 11.3 Å². The molecular formula is C10H14N2O2S. The predicted molar refractivity (Wildman–Crippen MR) is 60.2 cm³/mol. The fraction of sp³-hybridized carbons (Fsp3) is 0.400. The Morgan fingerprint density at radius 2 is 2.53 bits per heavy atom. The molecule has 0 saturated heterocycles.